The van der Waals surface area contributed by atoms with Gasteiger partial charge in [0.2, 0.25) is 0 Å². The fourth-order valence-electron chi connectivity index (χ4n) is 1.05. The Bertz CT molecular complexity index is 497. The van der Waals surface area contributed by atoms with Crippen molar-refractivity contribution in [3.05, 3.63) is 15.9 Å². The Morgan fingerprint density at radius 3 is 2.71 bits per heavy atom. The second-order valence-electron chi connectivity index (χ2n) is 3.15. The van der Waals surface area contributed by atoms with Crippen LogP contribution in [0.3, 0.4) is 0 Å². The number of esters is 1. The maximum absolute atomic E-state index is 11.8. The van der Waals surface area contributed by atoms with Gasteiger partial charge in [0.15, 0.2) is 0 Å². The third kappa shape index (κ3) is 4.06. The number of rotatable bonds is 5. The molecule has 0 bridgehead atoms. The first kappa shape index (κ1) is 14.6. The number of thiophene rings is 1. The van der Waals surface area contributed by atoms with E-state index in [1.807, 2.05) is 0 Å². The van der Waals surface area contributed by atoms with Crippen molar-refractivity contribution in [1.29, 1.82) is 0 Å². The average molecular weight is 342 g/mol. The van der Waals surface area contributed by atoms with E-state index >= 15 is 0 Å². The quantitative estimate of drug-likeness (QED) is 0.828. The van der Waals surface area contributed by atoms with Gasteiger partial charge in [-0.05, 0) is 41.9 Å². The summed E-state index contributed by atoms with van der Waals surface area (Å²) >= 11 is 4.26. The molecule has 0 radical (unpaired) electrons. The zero-order valence-corrected chi connectivity index (χ0v) is 12.5. The molecule has 96 valence electrons. The van der Waals surface area contributed by atoms with E-state index in [0.717, 1.165) is 11.3 Å². The zero-order valence-electron chi connectivity index (χ0n) is 9.27. The average Bonchev–Trinajstić information content (AvgIpc) is 2.65. The molecule has 1 rings (SSSR count). The summed E-state index contributed by atoms with van der Waals surface area (Å²) in [6.07, 6.45) is 0. The van der Waals surface area contributed by atoms with Crippen LogP contribution in [0.1, 0.15) is 13.8 Å². The number of hydrogen-bond acceptors (Lipinski definition) is 5. The van der Waals surface area contributed by atoms with Gasteiger partial charge in [-0.25, -0.2) is 8.42 Å². The molecule has 0 aliphatic heterocycles. The maximum Gasteiger partial charge on any atom is 0.323 e. The van der Waals surface area contributed by atoms with Crippen LogP contribution in [0.2, 0.25) is 0 Å². The largest absolute Gasteiger partial charge is 0.465 e. The van der Waals surface area contributed by atoms with E-state index < -0.39 is 22.0 Å². The Labute approximate surface area is 112 Å². The van der Waals surface area contributed by atoms with Crippen LogP contribution in [0.4, 0.5) is 0 Å². The van der Waals surface area contributed by atoms with Gasteiger partial charge < -0.3 is 4.74 Å². The highest BCUT2D eigenvalue weighted by atomic mass is 79.9. The standard InChI is InChI=1S/C9H12BrNO4S2/c1-3-15-9(12)6(2)11-17(13,14)8-5-4-7(10)16-8/h4-6,11H,3H2,1-2H3. The number of carbonyl (C=O) groups excluding carboxylic acids is 1. The molecule has 0 amide bonds. The predicted molar refractivity (Wildman–Crippen MR) is 68.4 cm³/mol. The molecule has 0 aliphatic rings. The van der Waals surface area contributed by atoms with E-state index in [1.54, 1.807) is 13.0 Å². The van der Waals surface area contributed by atoms with Crippen molar-refractivity contribution in [3.8, 4) is 0 Å². The fraction of sp³-hybridized carbons (Fsp3) is 0.444. The second kappa shape index (κ2) is 5.94. The normalized spacial score (nSPS) is 13.4. The van der Waals surface area contributed by atoms with Crippen LogP contribution in [0.25, 0.3) is 0 Å². The maximum atomic E-state index is 11.8. The molecule has 0 aromatic carbocycles. The molecule has 0 saturated heterocycles. The lowest BCUT2D eigenvalue weighted by Crippen LogP contribution is -2.39. The van der Waals surface area contributed by atoms with E-state index in [1.165, 1.54) is 13.0 Å². The number of ether oxygens (including phenoxy) is 1. The molecule has 1 atom stereocenters. The number of hydrogen-bond donors (Lipinski definition) is 1. The van der Waals surface area contributed by atoms with Crippen LogP contribution in [-0.4, -0.2) is 27.0 Å². The Hall–Kier alpha value is -0.440. The summed E-state index contributed by atoms with van der Waals surface area (Å²) in [6, 6.07) is 2.20. The highest BCUT2D eigenvalue weighted by Gasteiger charge is 2.23. The molecule has 1 N–H and O–H groups in total. The van der Waals surface area contributed by atoms with Gasteiger partial charge in [0.25, 0.3) is 10.0 Å². The van der Waals surface area contributed by atoms with E-state index in [9.17, 15) is 13.2 Å². The van der Waals surface area contributed by atoms with Gasteiger partial charge in [0.05, 0.1) is 10.4 Å². The number of carbonyl (C=O) groups is 1. The topological polar surface area (TPSA) is 72.5 Å². The van der Waals surface area contributed by atoms with Crippen LogP contribution in [0.15, 0.2) is 20.1 Å². The minimum Gasteiger partial charge on any atom is -0.465 e. The van der Waals surface area contributed by atoms with Gasteiger partial charge in [0.1, 0.15) is 10.3 Å². The molecule has 0 spiro atoms. The van der Waals surface area contributed by atoms with Crippen LogP contribution >= 0.6 is 27.3 Å². The predicted octanol–water partition coefficient (Wildman–Crippen LogP) is 1.74. The Morgan fingerprint density at radius 1 is 1.59 bits per heavy atom. The minimum atomic E-state index is -3.66. The van der Waals surface area contributed by atoms with Gasteiger partial charge in [0, 0.05) is 0 Å². The van der Waals surface area contributed by atoms with Crippen molar-refractivity contribution >= 4 is 43.3 Å². The summed E-state index contributed by atoms with van der Waals surface area (Å²) < 4.78 is 31.5. The third-order valence-electron chi connectivity index (χ3n) is 1.79. The SMILES string of the molecule is CCOC(=O)C(C)NS(=O)(=O)c1ccc(Br)s1. The van der Waals surface area contributed by atoms with Gasteiger partial charge >= 0.3 is 5.97 Å². The highest BCUT2D eigenvalue weighted by molar-refractivity contribution is 9.11. The summed E-state index contributed by atoms with van der Waals surface area (Å²) in [5, 5.41) is 0. The van der Waals surface area contributed by atoms with Crippen molar-refractivity contribution in [1.82, 2.24) is 4.72 Å². The van der Waals surface area contributed by atoms with E-state index in [-0.39, 0.29) is 10.8 Å². The van der Waals surface area contributed by atoms with Crippen LogP contribution in [-0.2, 0) is 19.6 Å². The fourth-order valence-corrected chi connectivity index (χ4v) is 4.27. The molecule has 5 nitrogen and oxygen atoms in total. The third-order valence-corrected chi connectivity index (χ3v) is 5.44. The molecular weight excluding hydrogens is 330 g/mol. The van der Waals surface area contributed by atoms with Gasteiger partial charge in [-0.3, -0.25) is 4.79 Å². The molecule has 0 aliphatic carbocycles. The Balaban J connectivity index is 2.77. The lowest BCUT2D eigenvalue weighted by atomic mass is 10.4. The lowest BCUT2D eigenvalue weighted by Gasteiger charge is -2.11. The van der Waals surface area contributed by atoms with Crippen molar-refractivity contribution < 1.29 is 17.9 Å². The molecular formula is C9H12BrNO4S2. The van der Waals surface area contributed by atoms with Crippen molar-refractivity contribution in [2.24, 2.45) is 0 Å². The molecule has 1 aromatic rings. The summed E-state index contributed by atoms with van der Waals surface area (Å²) in [5.41, 5.74) is 0. The summed E-state index contributed by atoms with van der Waals surface area (Å²) in [6.45, 7) is 3.32. The van der Waals surface area contributed by atoms with Crippen molar-refractivity contribution in [2.45, 2.75) is 24.1 Å². The number of sulfonamides is 1. The number of halogens is 1. The van der Waals surface area contributed by atoms with Gasteiger partial charge in [-0.2, -0.15) is 4.72 Å². The van der Waals surface area contributed by atoms with Crippen molar-refractivity contribution in [2.75, 3.05) is 6.61 Å². The lowest BCUT2D eigenvalue weighted by molar-refractivity contribution is -0.144. The molecule has 17 heavy (non-hydrogen) atoms. The smallest absolute Gasteiger partial charge is 0.323 e. The molecule has 1 unspecified atom stereocenters. The Morgan fingerprint density at radius 2 is 2.24 bits per heavy atom. The molecule has 0 fully saturated rings. The van der Waals surface area contributed by atoms with E-state index in [2.05, 4.69) is 20.7 Å². The highest BCUT2D eigenvalue weighted by Crippen LogP contribution is 2.25. The van der Waals surface area contributed by atoms with E-state index in [0.29, 0.717) is 3.79 Å². The first-order valence-corrected chi connectivity index (χ1v) is 7.90. The number of nitrogens with one attached hydrogen (secondary N) is 1. The van der Waals surface area contributed by atoms with Crippen LogP contribution < -0.4 is 4.72 Å². The van der Waals surface area contributed by atoms with Gasteiger partial charge in [-0.1, -0.05) is 0 Å². The van der Waals surface area contributed by atoms with Gasteiger partial charge in [-0.15, -0.1) is 11.3 Å². The molecule has 8 heteroatoms. The van der Waals surface area contributed by atoms with E-state index in [4.69, 9.17) is 4.74 Å². The monoisotopic (exact) mass is 341 g/mol. The summed E-state index contributed by atoms with van der Waals surface area (Å²) in [7, 11) is -3.66. The Kier molecular flexibility index (Phi) is 5.11. The second-order valence-corrected chi connectivity index (χ2v) is 7.56. The van der Waals surface area contributed by atoms with Crippen molar-refractivity contribution in [3.63, 3.8) is 0 Å². The first-order valence-electron chi connectivity index (χ1n) is 4.81. The zero-order chi connectivity index (χ0) is 13.1. The minimum absolute atomic E-state index is 0.153. The molecule has 0 saturated carbocycles. The summed E-state index contributed by atoms with van der Waals surface area (Å²) in [5.74, 6) is -0.591. The summed E-state index contributed by atoms with van der Waals surface area (Å²) in [4.78, 5) is 11.3. The first-order chi connectivity index (χ1) is 7.86. The van der Waals surface area contributed by atoms with Crippen LogP contribution in [0, 0.1) is 0 Å². The molecule has 1 aromatic heterocycles. The van der Waals surface area contributed by atoms with Crippen LogP contribution in [0.5, 0.6) is 0 Å². The molecule has 1 heterocycles.